The highest BCUT2D eigenvalue weighted by Crippen LogP contribution is 2.40. The SMILES string of the molecule is C=C/C=C(\C=C)c1cccc(N(c2ccc(-c3ccccc3-c3ccc(-n4c5ccccc5c5ccccc54)cc3)cc2)c2cccc(-c3ccccc3)c2)c1. The molecule has 8 aromatic carbocycles. The molecule has 0 aliphatic heterocycles. The third kappa shape index (κ3) is 6.44. The quantitative estimate of drug-likeness (QED) is 0.128. The van der Waals surface area contributed by atoms with Crippen LogP contribution >= 0.6 is 0 Å². The molecule has 0 bridgehead atoms. The van der Waals surface area contributed by atoms with Crippen LogP contribution in [0.3, 0.4) is 0 Å². The number of hydrogen-bond acceptors (Lipinski definition) is 1. The molecule has 1 aromatic heterocycles. The van der Waals surface area contributed by atoms with Gasteiger partial charge in [0.15, 0.2) is 0 Å². The molecular weight excluding hydrogens is 677 g/mol. The molecule has 2 heteroatoms. The molecule has 0 unspecified atom stereocenters. The lowest BCUT2D eigenvalue weighted by atomic mass is 9.94. The summed E-state index contributed by atoms with van der Waals surface area (Å²) in [7, 11) is 0. The van der Waals surface area contributed by atoms with E-state index in [0.29, 0.717) is 0 Å². The van der Waals surface area contributed by atoms with E-state index in [9.17, 15) is 0 Å². The second-order valence-electron chi connectivity index (χ2n) is 13.9. The van der Waals surface area contributed by atoms with Gasteiger partial charge in [-0.3, -0.25) is 0 Å². The molecule has 0 amide bonds. The molecule has 2 nitrogen and oxygen atoms in total. The molecule has 0 atom stereocenters. The lowest BCUT2D eigenvalue weighted by molar-refractivity contribution is 1.18. The van der Waals surface area contributed by atoms with Gasteiger partial charge in [0.05, 0.1) is 11.0 Å². The number of fused-ring (bicyclic) bond motifs is 3. The van der Waals surface area contributed by atoms with Crippen LogP contribution in [0.15, 0.2) is 232 Å². The summed E-state index contributed by atoms with van der Waals surface area (Å²) >= 11 is 0. The first-order chi connectivity index (χ1) is 27.7. The summed E-state index contributed by atoms with van der Waals surface area (Å²) in [6.45, 7) is 7.99. The maximum absolute atomic E-state index is 4.07. The Bertz CT molecular complexity index is 2820. The van der Waals surface area contributed by atoms with Crippen molar-refractivity contribution in [2.75, 3.05) is 4.90 Å². The van der Waals surface area contributed by atoms with Gasteiger partial charge in [-0.1, -0.05) is 171 Å². The van der Waals surface area contributed by atoms with Crippen molar-refractivity contribution in [3.63, 3.8) is 0 Å². The average molecular weight is 717 g/mol. The Kier molecular flexibility index (Phi) is 9.29. The summed E-state index contributed by atoms with van der Waals surface area (Å²) in [5, 5.41) is 2.53. The zero-order valence-corrected chi connectivity index (χ0v) is 31.1. The molecule has 1 heterocycles. The van der Waals surface area contributed by atoms with Crippen LogP contribution in [0.4, 0.5) is 17.1 Å². The fourth-order valence-electron chi connectivity index (χ4n) is 7.90. The predicted octanol–water partition coefficient (Wildman–Crippen LogP) is 15.0. The molecule has 0 radical (unpaired) electrons. The normalized spacial score (nSPS) is 11.5. The molecule has 9 rings (SSSR count). The standard InChI is InChI=1S/C54H40N2/c1-3-16-39(4-2)43-19-14-21-47(37-43)55(48-22-15-20-44(38-48)40-17-6-5-7-18-40)45-33-29-41(30-34-45)49-23-8-9-24-50(49)42-31-35-46(36-32-42)56-53-27-12-10-25-51(53)52-26-11-13-28-54(52)56/h3-38H,1-2H2/b39-16+. The van der Waals surface area contributed by atoms with E-state index in [-0.39, 0.29) is 0 Å². The monoisotopic (exact) mass is 716 g/mol. The Balaban J connectivity index is 1.09. The van der Waals surface area contributed by atoms with E-state index in [1.54, 1.807) is 0 Å². The fourth-order valence-corrected chi connectivity index (χ4v) is 7.90. The van der Waals surface area contributed by atoms with Crippen molar-refractivity contribution in [1.82, 2.24) is 4.57 Å². The van der Waals surface area contributed by atoms with E-state index >= 15 is 0 Å². The van der Waals surface area contributed by atoms with Crippen molar-refractivity contribution >= 4 is 44.4 Å². The van der Waals surface area contributed by atoms with Gasteiger partial charge in [0.25, 0.3) is 0 Å². The van der Waals surface area contributed by atoms with Crippen molar-refractivity contribution in [2.45, 2.75) is 0 Å². The topological polar surface area (TPSA) is 8.17 Å². The van der Waals surface area contributed by atoms with E-state index in [1.807, 2.05) is 18.2 Å². The third-order valence-electron chi connectivity index (χ3n) is 10.5. The Hall–Kier alpha value is -7.42. The van der Waals surface area contributed by atoms with Gasteiger partial charge in [0, 0.05) is 33.5 Å². The van der Waals surface area contributed by atoms with Crippen LogP contribution in [0.5, 0.6) is 0 Å². The van der Waals surface area contributed by atoms with Crippen molar-refractivity contribution < 1.29 is 0 Å². The number of benzene rings is 8. The minimum Gasteiger partial charge on any atom is -0.310 e. The Labute approximate surface area is 328 Å². The number of rotatable bonds is 10. The van der Waals surface area contributed by atoms with Crippen LogP contribution < -0.4 is 4.90 Å². The molecule has 9 aromatic rings. The van der Waals surface area contributed by atoms with Gasteiger partial charge in [-0.05, 0) is 105 Å². The molecule has 0 spiro atoms. The van der Waals surface area contributed by atoms with Crippen LogP contribution in [0.25, 0.3) is 66.4 Å². The smallest absolute Gasteiger partial charge is 0.0541 e. The van der Waals surface area contributed by atoms with Crippen LogP contribution in [-0.2, 0) is 0 Å². The molecule has 0 saturated heterocycles. The van der Waals surface area contributed by atoms with Gasteiger partial charge < -0.3 is 9.47 Å². The zero-order chi connectivity index (χ0) is 37.8. The van der Waals surface area contributed by atoms with Gasteiger partial charge in [0.2, 0.25) is 0 Å². The highest BCUT2D eigenvalue weighted by molar-refractivity contribution is 6.09. The highest BCUT2D eigenvalue weighted by Gasteiger charge is 2.17. The molecule has 0 fully saturated rings. The van der Waals surface area contributed by atoms with Crippen LogP contribution in [0.1, 0.15) is 5.56 Å². The summed E-state index contributed by atoms with van der Waals surface area (Å²) in [5.41, 5.74) is 15.9. The minimum absolute atomic E-state index is 1.02. The van der Waals surface area contributed by atoms with Crippen LogP contribution in [-0.4, -0.2) is 4.57 Å². The number of hydrogen-bond donors (Lipinski definition) is 0. The van der Waals surface area contributed by atoms with E-state index in [4.69, 9.17) is 0 Å². The molecule has 0 N–H and O–H groups in total. The van der Waals surface area contributed by atoms with E-state index in [1.165, 1.54) is 44.1 Å². The van der Waals surface area contributed by atoms with Crippen LogP contribution in [0, 0.1) is 0 Å². The third-order valence-corrected chi connectivity index (χ3v) is 10.5. The summed E-state index contributed by atoms with van der Waals surface area (Å²) in [6.07, 6.45) is 5.68. The molecule has 0 aliphatic carbocycles. The van der Waals surface area contributed by atoms with Crippen molar-refractivity contribution in [3.8, 4) is 39.1 Å². The maximum Gasteiger partial charge on any atom is 0.0541 e. The lowest BCUT2D eigenvalue weighted by Gasteiger charge is -2.27. The number of aromatic nitrogens is 1. The highest BCUT2D eigenvalue weighted by atomic mass is 15.1. The molecule has 56 heavy (non-hydrogen) atoms. The van der Waals surface area contributed by atoms with E-state index < -0.39 is 0 Å². The first-order valence-electron chi connectivity index (χ1n) is 19.0. The molecule has 0 aliphatic rings. The van der Waals surface area contributed by atoms with E-state index in [0.717, 1.165) is 45.0 Å². The molecule has 266 valence electrons. The summed E-state index contributed by atoms with van der Waals surface area (Å²) in [4.78, 5) is 2.33. The number of anilines is 3. The summed E-state index contributed by atoms with van der Waals surface area (Å²) in [5.74, 6) is 0. The summed E-state index contributed by atoms with van der Waals surface area (Å²) < 4.78 is 2.37. The fraction of sp³-hybridized carbons (Fsp3) is 0. The molecule has 0 saturated carbocycles. The van der Waals surface area contributed by atoms with E-state index in [2.05, 4.69) is 223 Å². The predicted molar refractivity (Wildman–Crippen MR) is 240 cm³/mol. The number of allylic oxidation sites excluding steroid dienone is 4. The first-order valence-corrected chi connectivity index (χ1v) is 19.0. The Morgan fingerprint density at radius 3 is 1.59 bits per heavy atom. The van der Waals surface area contributed by atoms with Crippen LogP contribution in [0.2, 0.25) is 0 Å². The number of para-hydroxylation sites is 2. The number of nitrogens with zero attached hydrogens (tertiary/aromatic N) is 2. The van der Waals surface area contributed by atoms with Crippen molar-refractivity contribution in [2.24, 2.45) is 0 Å². The van der Waals surface area contributed by atoms with Gasteiger partial charge in [-0.25, -0.2) is 0 Å². The van der Waals surface area contributed by atoms with Gasteiger partial charge in [-0.2, -0.15) is 0 Å². The minimum atomic E-state index is 1.02. The summed E-state index contributed by atoms with van der Waals surface area (Å²) in [6, 6.07) is 71.8. The molecular formula is C54H40N2. The Morgan fingerprint density at radius 2 is 0.964 bits per heavy atom. The average Bonchev–Trinajstić information content (AvgIpc) is 3.61. The van der Waals surface area contributed by atoms with Gasteiger partial charge in [0.1, 0.15) is 0 Å². The van der Waals surface area contributed by atoms with Crippen molar-refractivity contribution in [3.05, 3.63) is 237 Å². The van der Waals surface area contributed by atoms with Gasteiger partial charge >= 0.3 is 0 Å². The Morgan fingerprint density at radius 1 is 0.429 bits per heavy atom. The van der Waals surface area contributed by atoms with Crippen molar-refractivity contribution in [1.29, 1.82) is 0 Å². The second kappa shape index (κ2) is 15.1. The first kappa shape index (κ1) is 34.4. The maximum atomic E-state index is 4.07. The lowest BCUT2D eigenvalue weighted by Crippen LogP contribution is -2.10. The second-order valence-corrected chi connectivity index (χ2v) is 13.9. The largest absolute Gasteiger partial charge is 0.310 e. The van der Waals surface area contributed by atoms with Gasteiger partial charge in [-0.15, -0.1) is 0 Å². The zero-order valence-electron chi connectivity index (χ0n) is 31.1.